The van der Waals surface area contributed by atoms with Gasteiger partial charge < -0.3 is 9.64 Å². The fourth-order valence-electron chi connectivity index (χ4n) is 3.58. The molecule has 0 spiro atoms. The molecule has 126 valence electrons. The van der Waals surface area contributed by atoms with Crippen molar-refractivity contribution in [2.45, 2.75) is 45.2 Å². The van der Waals surface area contributed by atoms with Gasteiger partial charge in [-0.3, -0.25) is 4.79 Å². The first-order valence-corrected chi connectivity index (χ1v) is 8.75. The van der Waals surface area contributed by atoms with Crippen LogP contribution in [0.4, 0.5) is 0 Å². The van der Waals surface area contributed by atoms with Crippen LogP contribution in [0.3, 0.4) is 0 Å². The maximum Gasteiger partial charge on any atom is 0.260 e. The number of carbonyl (C=O) groups is 1. The molecule has 1 saturated heterocycles. The minimum Gasteiger partial charge on any atom is -0.483 e. The maximum absolute atomic E-state index is 12.6. The second-order valence-corrected chi connectivity index (χ2v) is 6.58. The monoisotopic (exact) mass is 323 g/mol. The summed E-state index contributed by atoms with van der Waals surface area (Å²) < 4.78 is 5.91. The Morgan fingerprint density at radius 1 is 1.00 bits per heavy atom. The Kier molecular flexibility index (Phi) is 5.19. The summed E-state index contributed by atoms with van der Waals surface area (Å²) in [5.41, 5.74) is 2.12. The first-order chi connectivity index (χ1) is 11.7. The van der Waals surface area contributed by atoms with Crippen molar-refractivity contribution >= 4 is 5.91 Å². The highest BCUT2D eigenvalue weighted by molar-refractivity contribution is 5.79. The quantitative estimate of drug-likeness (QED) is 0.828. The minimum atomic E-state index is 0.0811. The fraction of sp³-hybridized carbons (Fsp3) is 0.381. The summed E-state index contributed by atoms with van der Waals surface area (Å²) >= 11 is 0. The van der Waals surface area contributed by atoms with Gasteiger partial charge in [0.15, 0.2) is 6.61 Å². The van der Waals surface area contributed by atoms with E-state index in [-0.39, 0.29) is 12.5 Å². The SMILES string of the molecule is CC1CCCC(C)N1C(=O)COc1ccccc1-c1ccccc1. The predicted octanol–water partition coefficient (Wildman–Crippen LogP) is 4.52. The lowest BCUT2D eigenvalue weighted by Crippen LogP contribution is -2.49. The lowest BCUT2D eigenvalue weighted by atomic mass is 9.97. The van der Waals surface area contributed by atoms with E-state index in [0.717, 1.165) is 29.7 Å². The van der Waals surface area contributed by atoms with Crippen LogP contribution in [0.25, 0.3) is 11.1 Å². The molecule has 1 aliphatic rings. The summed E-state index contributed by atoms with van der Waals surface area (Å²) in [6.07, 6.45) is 3.36. The van der Waals surface area contributed by atoms with Crippen molar-refractivity contribution in [2.24, 2.45) is 0 Å². The van der Waals surface area contributed by atoms with Crippen molar-refractivity contribution in [3.8, 4) is 16.9 Å². The summed E-state index contributed by atoms with van der Waals surface area (Å²) in [4.78, 5) is 14.6. The molecule has 3 heteroatoms. The summed E-state index contributed by atoms with van der Waals surface area (Å²) in [5.74, 6) is 0.840. The number of hydrogen-bond donors (Lipinski definition) is 0. The van der Waals surface area contributed by atoms with Crippen molar-refractivity contribution in [3.63, 3.8) is 0 Å². The third-order valence-corrected chi connectivity index (χ3v) is 4.80. The summed E-state index contributed by atoms with van der Waals surface area (Å²) in [7, 11) is 0. The predicted molar refractivity (Wildman–Crippen MR) is 97.0 cm³/mol. The molecule has 1 heterocycles. The second-order valence-electron chi connectivity index (χ2n) is 6.58. The average molecular weight is 323 g/mol. The number of benzene rings is 2. The molecule has 0 bridgehead atoms. The number of amides is 1. The Balaban J connectivity index is 1.72. The normalized spacial score (nSPS) is 20.7. The molecule has 24 heavy (non-hydrogen) atoms. The number of piperidine rings is 1. The van der Waals surface area contributed by atoms with Crippen LogP contribution in [0.15, 0.2) is 54.6 Å². The van der Waals surface area contributed by atoms with Crippen LogP contribution < -0.4 is 4.74 Å². The first kappa shape index (κ1) is 16.6. The second kappa shape index (κ2) is 7.52. The largest absolute Gasteiger partial charge is 0.483 e. The smallest absolute Gasteiger partial charge is 0.260 e. The van der Waals surface area contributed by atoms with E-state index in [1.165, 1.54) is 6.42 Å². The molecule has 1 aliphatic heterocycles. The molecule has 0 N–H and O–H groups in total. The number of hydrogen-bond acceptors (Lipinski definition) is 2. The van der Waals surface area contributed by atoms with Crippen LogP contribution in [0.5, 0.6) is 5.75 Å². The summed E-state index contributed by atoms with van der Waals surface area (Å²) in [6.45, 7) is 4.36. The van der Waals surface area contributed by atoms with Gasteiger partial charge in [0.25, 0.3) is 5.91 Å². The van der Waals surface area contributed by atoms with Gasteiger partial charge in [-0.25, -0.2) is 0 Å². The minimum absolute atomic E-state index is 0.0811. The van der Waals surface area contributed by atoms with Gasteiger partial charge in [0.1, 0.15) is 5.75 Å². The number of rotatable bonds is 4. The first-order valence-electron chi connectivity index (χ1n) is 8.75. The van der Waals surface area contributed by atoms with Crippen molar-refractivity contribution in [2.75, 3.05) is 6.61 Å². The van der Waals surface area contributed by atoms with Crippen LogP contribution >= 0.6 is 0 Å². The summed E-state index contributed by atoms with van der Waals surface area (Å²) in [6, 6.07) is 18.6. The highest BCUT2D eigenvalue weighted by Crippen LogP contribution is 2.30. The van der Waals surface area contributed by atoms with E-state index in [1.807, 2.05) is 47.4 Å². The Morgan fingerprint density at radius 2 is 1.62 bits per heavy atom. The Labute approximate surface area is 144 Å². The van der Waals surface area contributed by atoms with Gasteiger partial charge >= 0.3 is 0 Å². The van der Waals surface area contributed by atoms with Crippen molar-refractivity contribution in [1.82, 2.24) is 4.90 Å². The van der Waals surface area contributed by atoms with Gasteiger partial charge in [0.05, 0.1) is 0 Å². The van der Waals surface area contributed by atoms with E-state index in [0.29, 0.717) is 12.1 Å². The Morgan fingerprint density at radius 3 is 2.33 bits per heavy atom. The molecule has 0 aliphatic carbocycles. The van der Waals surface area contributed by atoms with Crippen LogP contribution in [-0.2, 0) is 4.79 Å². The fourth-order valence-corrected chi connectivity index (χ4v) is 3.58. The topological polar surface area (TPSA) is 29.5 Å². The van der Waals surface area contributed by atoms with Gasteiger partial charge in [-0.05, 0) is 44.7 Å². The van der Waals surface area contributed by atoms with Gasteiger partial charge in [-0.2, -0.15) is 0 Å². The Hall–Kier alpha value is -2.29. The zero-order valence-electron chi connectivity index (χ0n) is 14.4. The average Bonchev–Trinajstić information content (AvgIpc) is 2.61. The van der Waals surface area contributed by atoms with E-state index in [1.54, 1.807) is 0 Å². The molecule has 0 aromatic heterocycles. The molecule has 2 aromatic rings. The van der Waals surface area contributed by atoms with Crippen molar-refractivity contribution in [3.05, 3.63) is 54.6 Å². The third-order valence-electron chi connectivity index (χ3n) is 4.80. The van der Waals surface area contributed by atoms with Crippen LogP contribution in [-0.4, -0.2) is 29.5 Å². The van der Waals surface area contributed by atoms with Crippen molar-refractivity contribution in [1.29, 1.82) is 0 Å². The number of nitrogens with zero attached hydrogens (tertiary/aromatic N) is 1. The van der Waals surface area contributed by atoms with E-state index < -0.39 is 0 Å². The van der Waals surface area contributed by atoms with Gasteiger partial charge in [-0.15, -0.1) is 0 Å². The zero-order chi connectivity index (χ0) is 16.9. The number of carbonyl (C=O) groups excluding carboxylic acids is 1. The van der Waals surface area contributed by atoms with Gasteiger partial charge in [-0.1, -0.05) is 48.5 Å². The Bertz CT molecular complexity index is 673. The maximum atomic E-state index is 12.6. The molecule has 2 unspecified atom stereocenters. The zero-order valence-corrected chi connectivity index (χ0v) is 14.4. The van der Waals surface area contributed by atoms with E-state index in [4.69, 9.17) is 4.74 Å². The summed E-state index contributed by atoms with van der Waals surface area (Å²) in [5, 5.41) is 0. The highest BCUT2D eigenvalue weighted by atomic mass is 16.5. The number of para-hydroxylation sites is 1. The van der Waals surface area contributed by atoms with E-state index >= 15 is 0 Å². The van der Waals surface area contributed by atoms with Gasteiger partial charge in [0.2, 0.25) is 0 Å². The lowest BCUT2D eigenvalue weighted by Gasteiger charge is -2.39. The molecule has 1 fully saturated rings. The molecule has 0 radical (unpaired) electrons. The highest BCUT2D eigenvalue weighted by Gasteiger charge is 2.29. The van der Waals surface area contributed by atoms with E-state index in [2.05, 4.69) is 26.0 Å². The molecule has 3 nitrogen and oxygen atoms in total. The molecule has 3 rings (SSSR count). The molecular weight excluding hydrogens is 298 g/mol. The number of likely N-dealkylation sites (tertiary alicyclic amines) is 1. The molecule has 2 aromatic carbocycles. The van der Waals surface area contributed by atoms with Crippen LogP contribution in [0.2, 0.25) is 0 Å². The standard InChI is InChI=1S/C21H25NO2/c1-16-9-8-10-17(2)22(16)21(23)15-24-20-14-7-6-13-19(20)18-11-4-3-5-12-18/h3-7,11-14,16-17H,8-10,15H2,1-2H3. The van der Waals surface area contributed by atoms with Gasteiger partial charge in [0, 0.05) is 17.6 Å². The number of ether oxygens (including phenoxy) is 1. The molecule has 1 amide bonds. The van der Waals surface area contributed by atoms with E-state index in [9.17, 15) is 4.79 Å². The molecule has 2 atom stereocenters. The van der Waals surface area contributed by atoms with Crippen molar-refractivity contribution < 1.29 is 9.53 Å². The lowest BCUT2D eigenvalue weighted by molar-refractivity contribution is -0.139. The van der Waals surface area contributed by atoms with Crippen LogP contribution in [0.1, 0.15) is 33.1 Å². The molecular formula is C21H25NO2. The molecule has 0 saturated carbocycles. The van der Waals surface area contributed by atoms with Crippen LogP contribution in [0, 0.1) is 0 Å². The third kappa shape index (κ3) is 3.61.